The fourth-order valence-corrected chi connectivity index (χ4v) is 4.12. The van der Waals surface area contributed by atoms with Crippen molar-refractivity contribution in [3.63, 3.8) is 0 Å². The molecule has 2 aromatic carbocycles. The second-order valence-electron chi connectivity index (χ2n) is 8.00. The molecule has 0 aliphatic heterocycles. The number of rotatable bonds is 5. The van der Waals surface area contributed by atoms with E-state index in [1.165, 1.54) is 10.5 Å². The summed E-state index contributed by atoms with van der Waals surface area (Å²) in [6, 6.07) is 15.7. The van der Waals surface area contributed by atoms with Gasteiger partial charge in [-0.05, 0) is 56.3 Å². The molecule has 35 heavy (non-hydrogen) atoms. The molecular weight excluding hydrogens is 474 g/mol. The van der Waals surface area contributed by atoms with Crippen LogP contribution in [0.5, 0.6) is 5.75 Å². The summed E-state index contributed by atoms with van der Waals surface area (Å²) in [7, 11) is 0. The smallest absolute Gasteiger partial charge is 0.267 e. The zero-order valence-corrected chi connectivity index (χ0v) is 19.6. The van der Waals surface area contributed by atoms with Crippen molar-refractivity contribution in [3.05, 3.63) is 111 Å². The molecule has 0 amide bonds. The predicted octanol–water partition coefficient (Wildman–Crippen LogP) is 5.67. The summed E-state index contributed by atoms with van der Waals surface area (Å²) in [5.41, 5.74) is 2.92. The maximum atomic E-state index is 14.0. The Morgan fingerprint density at radius 1 is 1.03 bits per heavy atom. The summed E-state index contributed by atoms with van der Waals surface area (Å²) >= 11 is 6.34. The number of hydrogen-bond donors (Lipinski definition) is 0. The van der Waals surface area contributed by atoms with Crippen LogP contribution in [0.15, 0.2) is 71.7 Å². The van der Waals surface area contributed by atoms with Gasteiger partial charge in [0.2, 0.25) is 0 Å². The van der Waals surface area contributed by atoms with Crippen molar-refractivity contribution in [1.29, 1.82) is 0 Å². The van der Waals surface area contributed by atoms with Gasteiger partial charge in [-0.3, -0.25) is 9.20 Å². The number of fused-ring (bicyclic) bond motifs is 1. The van der Waals surface area contributed by atoms with E-state index in [0.29, 0.717) is 33.4 Å². The third-order valence-corrected chi connectivity index (χ3v) is 5.94. The van der Waals surface area contributed by atoms with E-state index in [1.807, 2.05) is 25.1 Å². The van der Waals surface area contributed by atoms with Gasteiger partial charge in [-0.1, -0.05) is 23.7 Å². The third kappa shape index (κ3) is 4.17. The minimum atomic E-state index is -0.710. The van der Waals surface area contributed by atoms with Crippen molar-refractivity contribution in [2.45, 2.75) is 20.5 Å². The molecule has 0 aliphatic carbocycles. The minimum Gasteiger partial charge on any atom is -0.485 e. The number of benzene rings is 2. The zero-order chi connectivity index (χ0) is 24.7. The van der Waals surface area contributed by atoms with E-state index >= 15 is 0 Å². The molecule has 0 spiro atoms. The largest absolute Gasteiger partial charge is 0.485 e. The lowest BCUT2D eigenvalue weighted by Crippen LogP contribution is -2.19. The summed E-state index contributed by atoms with van der Waals surface area (Å²) in [6.07, 6.45) is 1.58. The van der Waals surface area contributed by atoms with Gasteiger partial charge in [0.1, 0.15) is 23.9 Å². The van der Waals surface area contributed by atoms with Crippen LogP contribution in [0.4, 0.5) is 8.78 Å². The third-order valence-electron chi connectivity index (χ3n) is 5.62. The first kappa shape index (κ1) is 22.7. The van der Waals surface area contributed by atoms with Gasteiger partial charge in [0, 0.05) is 23.5 Å². The summed E-state index contributed by atoms with van der Waals surface area (Å²) in [4.78, 5) is 18.1. The molecule has 0 N–H and O–H groups in total. The van der Waals surface area contributed by atoms with Gasteiger partial charge >= 0.3 is 0 Å². The Balaban J connectivity index is 1.55. The van der Waals surface area contributed by atoms with Crippen LogP contribution in [0, 0.1) is 25.5 Å². The molecule has 5 rings (SSSR count). The first-order valence-electron chi connectivity index (χ1n) is 10.7. The van der Waals surface area contributed by atoms with Gasteiger partial charge in [0.25, 0.3) is 5.56 Å². The molecule has 0 aliphatic rings. The fourth-order valence-electron chi connectivity index (χ4n) is 3.91. The average Bonchev–Trinajstić information content (AvgIpc) is 3.19. The van der Waals surface area contributed by atoms with E-state index in [2.05, 4.69) is 10.1 Å². The zero-order valence-electron chi connectivity index (χ0n) is 18.8. The average molecular weight is 493 g/mol. The number of pyridine rings is 1. The summed E-state index contributed by atoms with van der Waals surface area (Å²) in [5.74, 6) is -1.08. The number of nitrogens with zero attached hydrogens (tertiary/aromatic N) is 4. The highest BCUT2D eigenvalue weighted by atomic mass is 35.5. The number of para-hydroxylation sites is 1. The van der Waals surface area contributed by atoms with E-state index in [1.54, 1.807) is 42.1 Å². The standard InChI is InChI=1S/C26H19ClF2N4O2/c1-15-12-21(31-33(15)22-7-4-3-6-19(22)27)24-16(2)30-25-23(8-5-11-32(25)26(24)34)35-14-17-9-10-18(28)13-20(17)29/h3-13H,14H2,1-2H3. The maximum absolute atomic E-state index is 14.0. The molecule has 0 saturated heterocycles. The molecule has 0 fully saturated rings. The molecule has 0 radical (unpaired) electrons. The van der Waals surface area contributed by atoms with Gasteiger partial charge in [-0.15, -0.1) is 0 Å². The Morgan fingerprint density at radius 3 is 2.60 bits per heavy atom. The Morgan fingerprint density at radius 2 is 1.83 bits per heavy atom. The van der Waals surface area contributed by atoms with Crippen LogP contribution >= 0.6 is 11.6 Å². The van der Waals surface area contributed by atoms with E-state index in [0.717, 1.165) is 17.8 Å². The summed E-state index contributed by atoms with van der Waals surface area (Å²) in [5, 5.41) is 5.17. The topological polar surface area (TPSA) is 61.4 Å². The number of halogens is 3. The van der Waals surface area contributed by atoms with E-state index in [-0.39, 0.29) is 23.4 Å². The molecule has 0 unspecified atom stereocenters. The van der Waals surface area contributed by atoms with E-state index < -0.39 is 11.6 Å². The highest BCUT2D eigenvalue weighted by Crippen LogP contribution is 2.26. The number of aromatic nitrogens is 4. The predicted molar refractivity (Wildman–Crippen MR) is 129 cm³/mol. The lowest BCUT2D eigenvalue weighted by Gasteiger charge is -2.12. The van der Waals surface area contributed by atoms with Crippen LogP contribution in [0.1, 0.15) is 17.0 Å². The molecule has 0 atom stereocenters. The Labute approximate surface area is 204 Å². The normalized spacial score (nSPS) is 11.2. The van der Waals surface area contributed by atoms with Crippen LogP contribution in [0.3, 0.4) is 0 Å². The Kier molecular flexibility index (Phi) is 5.82. The van der Waals surface area contributed by atoms with E-state index in [9.17, 15) is 13.6 Å². The fraction of sp³-hybridized carbons (Fsp3) is 0.115. The first-order chi connectivity index (χ1) is 16.8. The van der Waals surface area contributed by atoms with Gasteiger partial charge in [-0.25, -0.2) is 18.4 Å². The summed E-state index contributed by atoms with van der Waals surface area (Å²) < 4.78 is 36.0. The van der Waals surface area contributed by atoms with Gasteiger partial charge in [-0.2, -0.15) is 5.10 Å². The molecule has 6 nitrogen and oxygen atoms in total. The second-order valence-corrected chi connectivity index (χ2v) is 8.41. The molecule has 5 aromatic rings. The molecule has 3 aromatic heterocycles. The highest BCUT2D eigenvalue weighted by molar-refractivity contribution is 6.32. The van der Waals surface area contributed by atoms with Gasteiger partial charge in [0.15, 0.2) is 11.4 Å². The van der Waals surface area contributed by atoms with Crippen LogP contribution in [-0.2, 0) is 6.61 Å². The first-order valence-corrected chi connectivity index (χ1v) is 11.1. The van der Waals surface area contributed by atoms with Gasteiger partial charge < -0.3 is 4.74 Å². The molecule has 176 valence electrons. The Bertz CT molecular complexity index is 1650. The van der Waals surface area contributed by atoms with Crippen molar-refractivity contribution >= 4 is 17.2 Å². The van der Waals surface area contributed by atoms with Gasteiger partial charge in [0.05, 0.1) is 22.0 Å². The second kappa shape index (κ2) is 8.96. The van der Waals surface area contributed by atoms with Crippen molar-refractivity contribution < 1.29 is 13.5 Å². The maximum Gasteiger partial charge on any atom is 0.267 e. The Hall–Kier alpha value is -4.04. The van der Waals surface area contributed by atoms with E-state index in [4.69, 9.17) is 16.3 Å². The van der Waals surface area contributed by atoms with Crippen molar-refractivity contribution in [2.75, 3.05) is 0 Å². The highest BCUT2D eigenvalue weighted by Gasteiger charge is 2.19. The van der Waals surface area contributed by atoms with Crippen molar-refractivity contribution in [2.24, 2.45) is 0 Å². The van der Waals surface area contributed by atoms with Crippen LogP contribution < -0.4 is 10.3 Å². The minimum absolute atomic E-state index is 0.149. The SMILES string of the molecule is Cc1nc2c(OCc3ccc(F)cc3F)cccn2c(=O)c1-c1cc(C)n(-c2ccccc2Cl)n1. The molecule has 3 heterocycles. The van der Waals surface area contributed by atoms with Crippen LogP contribution in [-0.4, -0.2) is 19.2 Å². The summed E-state index contributed by atoms with van der Waals surface area (Å²) in [6.45, 7) is 3.45. The lowest BCUT2D eigenvalue weighted by molar-refractivity contribution is 0.301. The molecule has 0 bridgehead atoms. The molecular formula is C26H19ClF2N4O2. The lowest BCUT2D eigenvalue weighted by atomic mass is 10.1. The monoisotopic (exact) mass is 492 g/mol. The number of ether oxygens (including phenoxy) is 1. The van der Waals surface area contributed by atoms with Crippen molar-refractivity contribution in [3.8, 4) is 22.7 Å². The van der Waals surface area contributed by atoms with Crippen LogP contribution in [0.25, 0.3) is 22.6 Å². The molecule has 0 saturated carbocycles. The quantitative estimate of drug-likeness (QED) is 0.317. The number of hydrogen-bond acceptors (Lipinski definition) is 4. The number of aryl methyl sites for hydroxylation is 2. The molecule has 9 heteroatoms. The van der Waals surface area contributed by atoms with Crippen molar-refractivity contribution in [1.82, 2.24) is 19.2 Å². The van der Waals surface area contributed by atoms with Crippen LogP contribution in [0.2, 0.25) is 5.02 Å².